The van der Waals surface area contributed by atoms with Gasteiger partial charge in [-0.2, -0.15) is 15.1 Å². The Morgan fingerprint density at radius 3 is 2.90 bits per heavy atom. The number of amides is 1. The van der Waals surface area contributed by atoms with E-state index in [0.717, 1.165) is 36.5 Å². The summed E-state index contributed by atoms with van der Waals surface area (Å²) in [4.78, 5) is 26.3. The second-order valence-corrected chi connectivity index (χ2v) is 8.55. The van der Waals surface area contributed by atoms with Gasteiger partial charge in [-0.25, -0.2) is 0 Å². The summed E-state index contributed by atoms with van der Waals surface area (Å²) >= 11 is 0. The number of aromatic amines is 1. The van der Waals surface area contributed by atoms with E-state index in [1.165, 1.54) is 12.8 Å². The van der Waals surface area contributed by atoms with Crippen molar-refractivity contribution in [2.24, 2.45) is 5.73 Å². The third kappa shape index (κ3) is 2.98. The SMILES string of the molecule is NC1CN(C(=O)C2CCCN2c2nc(Nc3cc(C4CC4)[nH]n3)n3cccc3n2)C1. The number of nitrogens with one attached hydrogen (secondary N) is 2. The highest BCUT2D eigenvalue weighted by Crippen LogP contribution is 2.39. The van der Waals surface area contributed by atoms with Gasteiger partial charge >= 0.3 is 0 Å². The summed E-state index contributed by atoms with van der Waals surface area (Å²) < 4.78 is 1.90. The molecular weight excluding hydrogens is 382 g/mol. The molecule has 30 heavy (non-hydrogen) atoms. The van der Waals surface area contributed by atoms with Crippen LogP contribution in [0.3, 0.4) is 0 Å². The maximum Gasteiger partial charge on any atom is 0.245 e. The van der Waals surface area contributed by atoms with Crippen molar-refractivity contribution in [1.82, 2.24) is 29.5 Å². The Balaban J connectivity index is 1.30. The number of likely N-dealkylation sites (tertiary alicyclic amines) is 1. The molecule has 3 aromatic heterocycles. The molecule has 1 amide bonds. The average Bonchev–Trinajstić information content (AvgIpc) is 3.12. The number of fused-ring (bicyclic) bond motifs is 1. The minimum absolute atomic E-state index is 0.0994. The number of nitrogens with two attached hydrogens (primary N) is 1. The molecule has 2 aliphatic heterocycles. The van der Waals surface area contributed by atoms with Gasteiger partial charge in [0.1, 0.15) is 11.7 Å². The number of nitrogens with zero attached hydrogens (tertiary/aromatic N) is 6. The molecule has 1 unspecified atom stereocenters. The van der Waals surface area contributed by atoms with Gasteiger partial charge in [-0.3, -0.25) is 14.3 Å². The Morgan fingerprint density at radius 1 is 1.23 bits per heavy atom. The smallest absolute Gasteiger partial charge is 0.245 e. The lowest BCUT2D eigenvalue weighted by Crippen LogP contribution is -2.61. The molecule has 3 fully saturated rings. The Kier molecular flexibility index (Phi) is 3.95. The van der Waals surface area contributed by atoms with Crippen LogP contribution in [0.5, 0.6) is 0 Å². The van der Waals surface area contributed by atoms with Gasteiger partial charge in [0.05, 0.1) is 0 Å². The number of H-pyrrole nitrogens is 1. The summed E-state index contributed by atoms with van der Waals surface area (Å²) in [6.07, 6.45) is 6.11. The van der Waals surface area contributed by atoms with Gasteiger partial charge in [-0.05, 0) is 37.8 Å². The maximum absolute atomic E-state index is 13.0. The van der Waals surface area contributed by atoms with Gasteiger partial charge < -0.3 is 20.9 Å². The van der Waals surface area contributed by atoms with E-state index < -0.39 is 0 Å². The van der Waals surface area contributed by atoms with Crippen LogP contribution >= 0.6 is 0 Å². The van der Waals surface area contributed by atoms with Gasteiger partial charge in [-0.15, -0.1) is 0 Å². The highest BCUT2D eigenvalue weighted by atomic mass is 16.2. The zero-order valence-electron chi connectivity index (χ0n) is 16.7. The predicted molar refractivity (Wildman–Crippen MR) is 112 cm³/mol. The van der Waals surface area contributed by atoms with Crippen molar-refractivity contribution in [3.8, 4) is 0 Å². The van der Waals surface area contributed by atoms with Crippen molar-refractivity contribution < 1.29 is 4.79 Å². The van der Waals surface area contributed by atoms with Crippen LogP contribution in [0, 0.1) is 0 Å². The van der Waals surface area contributed by atoms with E-state index >= 15 is 0 Å². The molecule has 3 aromatic rings. The molecule has 10 heteroatoms. The highest BCUT2D eigenvalue weighted by molar-refractivity contribution is 5.86. The van der Waals surface area contributed by atoms with E-state index in [9.17, 15) is 4.79 Å². The predicted octanol–water partition coefficient (Wildman–Crippen LogP) is 1.21. The molecule has 1 saturated carbocycles. The van der Waals surface area contributed by atoms with E-state index in [4.69, 9.17) is 15.7 Å². The van der Waals surface area contributed by atoms with Crippen LogP contribution in [0.2, 0.25) is 0 Å². The fraction of sp³-hybridized carbons (Fsp3) is 0.500. The number of carbonyl (C=O) groups is 1. The molecule has 1 atom stereocenters. The van der Waals surface area contributed by atoms with Crippen molar-refractivity contribution in [3.05, 3.63) is 30.1 Å². The lowest BCUT2D eigenvalue weighted by molar-refractivity contribution is -0.136. The Morgan fingerprint density at radius 2 is 2.10 bits per heavy atom. The summed E-state index contributed by atoms with van der Waals surface area (Å²) in [5.41, 5.74) is 7.81. The Bertz CT molecular complexity index is 1090. The molecule has 3 aliphatic rings. The van der Waals surface area contributed by atoms with Crippen molar-refractivity contribution in [1.29, 1.82) is 0 Å². The largest absolute Gasteiger partial charge is 0.338 e. The normalized spacial score (nSPS) is 22.0. The molecule has 156 valence electrons. The third-order valence-electron chi connectivity index (χ3n) is 6.25. The topological polar surface area (TPSA) is 120 Å². The zero-order chi connectivity index (χ0) is 20.2. The average molecular weight is 407 g/mol. The second kappa shape index (κ2) is 6.69. The van der Waals surface area contributed by atoms with Gasteiger partial charge in [0.15, 0.2) is 5.82 Å². The fourth-order valence-corrected chi connectivity index (χ4v) is 4.42. The molecule has 0 bridgehead atoms. The second-order valence-electron chi connectivity index (χ2n) is 8.55. The minimum atomic E-state index is -0.227. The molecule has 0 spiro atoms. The fourth-order valence-electron chi connectivity index (χ4n) is 4.42. The quantitative estimate of drug-likeness (QED) is 0.581. The summed E-state index contributed by atoms with van der Waals surface area (Å²) in [5, 5.41) is 10.8. The van der Waals surface area contributed by atoms with Gasteiger partial charge in [0.2, 0.25) is 17.8 Å². The lowest BCUT2D eigenvalue weighted by Gasteiger charge is -2.39. The zero-order valence-corrected chi connectivity index (χ0v) is 16.7. The van der Waals surface area contributed by atoms with Crippen LogP contribution in [0.4, 0.5) is 17.7 Å². The Labute approximate surface area is 173 Å². The first-order valence-electron chi connectivity index (χ1n) is 10.6. The summed E-state index contributed by atoms with van der Waals surface area (Å²) in [7, 11) is 0. The van der Waals surface area contributed by atoms with Gasteiger partial charge in [0.25, 0.3) is 0 Å². The first kappa shape index (κ1) is 17.7. The van der Waals surface area contributed by atoms with Crippen LogP contribution in [0.1, 0.15) is 37.3 Å². The van der Waals surface area contributed by atoms with Gasteiger partial charge in [0, 0.05) is 49.6 Å². The summed E-state index contributed by atoms with van der Waals surface area (Å²) in [5.74, 6) is 2.68. The van der Waals surface area contributed by atoms with Crippen molar-refractivity contribution in [2.75, 3.05) is 29.9 Å². The maximum atomic E-state index is 13.0. The third-order valence-corrected chi connectivity index (χ3v) is 6.25. The number of carbonyl (C=O) groups excluding carboxylic acids is 1. The molecule has 4 N–H and O–H groups in total. The van der Waals surface area contributed by atoms with Crippen LogP contribution in [-0.4, -0.2) is 67.1 Å². The molecule has 5 heterocycles. The number of anilines is 3. The molecule has 2 saturated heterocycles. The molecule has 1 aliphatic carbocycles. The number of hydrogen-bond donors (Lipinski definition) is 3. The van der Waals surface area contributed by atoms with Gasteiger partial charge in [-0.1, -0.05) is 0 Å². The van der Waals surface area contributed by atoms with E-state index in [0.29, 0.717) is 30.9 Å². The number of rotatable bonds is 5. The molecule has 0 aromatic carbocycles. The summed E-state index contributed by atoms with van der Waals surface area (Å²) in [6, 6.07) is 5.80. The van der Waals surface area contributed by atoms with Crippen LogP contribution in [-0.2, 0) is 4.79 Å². The summed E-state index contributed by atoms with van der Waals surface area (Å²) in [6.45, 7) is 2.04. The molecule has 10 nitrogen and oxygen atoms in total. The lowest BCUT2D eigenvalue weighted by atomic mass is 10.1. The molecular formula is C20H25N9O. The monoisotopic (exact) mass is 407 g/mol. The van der Waals surface area contributed by atoms with Crippen LogP contribution in [0.15, 0.2) is 24.4 Å². The van der Waals surface area contributed by atoms with Crippen molar-refractivity contribution in [2.45, 2.75) is 43.7 Å². The van der Waals surface area contributed by atoms with Crippen LogP contribution in [0.25, 0.3) is 5.65 Å². The first-order valence-corrected chi connectivity index (χ1v) is 10.6. The number of aromatic nitrogens is 5. The first-order chi connectivity index (χ1) is 14.7. The minimum Gasteiger partial charge on any atom is -0.338 e. The molecule has 6 rings (SSSR count). The van der Waals surface area contributed by atoms with E-state index in [2.05, 4.69) is 15.5 Å². The van der Waals surface area contributed by atoms with Crippen LogP contribution < -0.4 is 16.0 Å². The van der Waals surface area contributed by atoms with Crippen molar-refractivity contribution in [3.63, 3.8) is 0 Å². The van der Waals surface area contributed by atoms with E-state index in [1.807, 2.05) is 38.6 Å². The van der Waals surface area contributed by atoms with E-state index in [-0.39, 0.29) is 18.0 Å². The highest BCUT2D eigenvalue weighted by Gasteiger charge is 2.39. The molecule has 0 radical (unpaired) electrons. The van der Waals surface area contributed by atoms with Crippen molar-refractivity contribution >= 4 is 29.3 Å². The Hall–Kier alpha value is -3.14. The number of hydrogen-bond acceptors (Lipinski definition) is 7. The van der Waals surface area contributed by atoms with E-state index in [1.54, 1.807) is 0 Å². The standard InChI is InChI=1S/C20H25N9O/c21-13-10-27(11-13)18(30)15-3-1-7-28(15)20-23-17-4-2-8-29(17)19(24-20)22-16-9-14(25-26-16)12-5-6-12/h2,4,8-9,12-13,15H,1,3,5-7,10-11,21H2,(H2,22,23,24,25,26).